The van der Waals surface area contributed by atoms with Crippen LogP contribution in [0.5, 0.6) is 0 Å². The number of hydrogen-bond donors (Lipinski definition) is 1. The van der Waals surface area contributed by atoms with E-state index in [1.54, 1.807) is 0 Å². The first kappa shape index (κ1) is 23.3. The molecule has 1 aliphatic heterocycles. The number of aromatic nitrogens is 1. The molecule has 0 aliphatic carbocycles. The molecule has 1 aromatic heterocycles. The van der Waals surface area contributed by atoms with Crippen LogP contribution in [-0.2, 0) is 6.54 Å². The summed E-state index contributed by atoms with van der Waals surface area (Å²) in [5.74, 6) is 1.93. The standard InChI is InChI=1S/C22H32N6.HI/c1-17-7-6-8-20(18(17)2)27-11-13-28(14-12-27)22(23-3)25-16-19-9-10-24-21(15-19)26(4)5;/h6-10,15H,11-14,16H2,1-5H3,(H,23,25);1H. The van der Waals surface area contributed by atoms with Crippen molar-refractivity contribution in [3.8, 4) is 0 Å². The molecule has 0 saturated carbocycles. The molecule has 0 spiro atoms. The average molecular weight is 508 g/mol. The molecule has 3 rings (SSSR count). The molecule has 7 heteroatoms. The minimum atomic E-state index is 0. The van der Waals surface area contributed by atoms with Crippen molar-refractivity contribution in [2.24, 2.45) is 4.99 Å². The minimum Gasteiger partial charge on any atom is -0.368 e. The maximum atomic E-state index is 4.50. The van der Waals surface area contributed by atoms with Crippen molar-refractivity contribution in [1.29, 1.82) is 0 Å². The van der Waals surface area contributed by atoms with Crippen LogP contribution < -0.4 is 15.1 Å². The zero-order chi connectivity index (χ0) is 20.1. The number of aliphatic imine (C=N–C) groups is 1. The highest BCUT2D eigenvalue weighted by atomic mass is 127. The first-order valence-electron chi connectivity index (χ1n) is 9.88. The summed E-state index contributed by atoms with van der Waals surface area (Å²) in [5, 5.41) is 3.51. The zero-order valence-corrected chi connectivity index (χ0v) is 20.5. The number of benzene rings is 1. The second kappa shape index (κ2) is 10.7. The summed E-state index contributed by atoms with van der Waals surface area (Å²) in [6.45, 7) is 9.08. The van der Waals surface area contributed by atoms with E-state index in [9.17, 15) is 0 Å². The van der Waals surface area contributed by atoms with Crippen LogP contribution in [0.15, 0.2) is 41.5 Å². The Hall–Kier alpha value is -2.03. The van der Waals surface area contributed by atoms with Gasteiger partial charge in [-0.1, -0.05) is 12.1 Å². The summed E-state index contributed by atoms with van der Waals surface area (Å²) >= 11 is 0. The number of nitrogens with one attached hydrogen (secondary N) is 1. The van der Waals surface area contributed by atoms with E-state index in [4.69, 9.17) is 0 Å². The molecule has 1 N–H and O–H groups in total. The van der Waals surface area contributed by atoms with Gasteiger partial charge in [-0.2, -0.15) is 0 Å². The van der Waals surface area contributed by atoms with Gasteiger partial charge in [-0.3, -0.25) is 4.99 Å². The van der Waals surface area contributed by atoms with Crippen molar-refractivity contribution in [1.82, 2.24) is 15.2 Å². The van der Waals surface area contributed by atoms with Gasteiger partial charge in [0.1, 0.15) is 5.82 Å². The van der Waals surface area contributed by atoms with Crippen molar-refractivity contribution in [2.45, 2.75) is 20.4 Å². The third-order valence-corrected chi connectivity index (χ3v) is 5.43. The van der Waals surface area contributed by atoms with Gasteiger partial charge in [0.25, 0.3) is 0 Å². The number of hydrogen-bond acceptors (Lipinski definition) is 4. The smallest absolute Gasteiger partial charge is 0.194 e. The molecule has 0 unspecified atom stereocenters. The van der Waals surface area contributed by atoms with E-state index in [1.165, 1.54) is 22.4 Å². The summed E-state index contributed by atoms with van der Waals surface area (Å²) in [7, 11) is 5.87. The highest BCUT2D eigenvalue weighted by molar-refractivity contribution is 14.0. The summed E-state index contributed by atoms with van der Waals surface area (Å²) in [4.78, 5) is 15.7. The third kappa shape index (κ3) is 5.74. The predicted molar refractivity (Wildman–Crippen MR) is 134 cm³/mol. The van der Waals surface area contributed by atoms with Gasteiger partial charge in [0.15, 0.2) is 5.96 Å². The molecule has 1 aromatic carbocycles. The normalized spacial score (nSPS) is 14.4. The molecule has 0 bridgehead atoms. The van der Waals surface area contributed by atoms with Gasteiger partial charge in [0.2, 0.25) is 0 Å². The maximum Gasteiger partial charge on any atom is 0.194 e. The van der Waals surface area contributed by atoms with Crippen LogP contribution in [0.1, 0.15) is 16.7 Å². The molecule has 29 heavy (non-hydrogen) atoms. The topological polar surface area (TPSA) is 47.0 Å². The summed E-state index contributed by atoms with van der Waals surface area (Å²) < 4.78 is 0. The van der Waals surface area contributed by atoms with E-state index in [0.29, 0.717) is 0 Å². The molecule has 1 fully saturated rings. The Balaban J connectivity index is 0.00000300. The van der Waals surface area contributed by atoms with E-state index in [0.717, 1.165) is 44.5 Å². The second-order valence-electron chi connectivity index (χ2n) is 7.51. The monoisotopic (exact) mass is 508 g/mol. The molecular formula is C22H33IN6. The molecule has 2 heterocycles. The van der Waals surface area contributed by atoms with Crippen LogP contribution in [0.4, 0.5) is 11.5 Å². The van der Waals surface area contributed by atoms with Crippen LogP contribution in [-0.4, -0.2) is 63.2 Å². The van der Waals surface area contributed by atoms with Gasteiger partial charge in [-0.05, 0) is 48.7 Å². The lowest BCUT2D eigenvalue weighted by atomic mass is 10.1. The Morgan fingerprint density at radius 3 is 2.52 bits per heavy atom. The van der Waals surface area contributed by atoms with Gasteiger partial charge in [0, 0.05) is 65.8 Å². The molecule has 1 saturated heterocycles. The minimum absolute atomic E-state index is 0. The van der Waals surface area contributed by atoms with E-state index >= 15 is 0 Å². The van der Waals surface area contributed by atoms with Crippen molar-refractivity contribution >= 4 is 41.4 Å². The Kier molecular flexibility index (Phi) is 8.55. The van der Waals surface area contributed by atoms with E-state index < -0.39 is 0 Å². The van der Waals surface area contributed by atoms with E-state index in [2.05, 4.69) is 63.2 Å². The van der Waals surface area contributed by atoms with Crippen molar-refractivity contribution in [2.75, 3.05) is 57.1 Å². The largest absolute Gasteiger partial charge is 0.368 e. The van der Waals surface area contributed by atoms with Crippen molar-refractivity contribution in [3.05, 3.63) is 53.2 Å². The summed E-state index contributed by atoms with van der Waals surface area (Å²) in [5.41, 5.74) is 5.30. The van der Waals surface area contributed by atoms with Crippen LogP contribution in [0, 0.1) is 13.8 Å². The Labute approximate surface area is 192 Å². The maximum absolute atomic E-state index is 4.50. The van der Waals surface area contributed by atoms with Crippen LogP contribution >= 0.6 is 24.0 Å². The second-order valence-corrected chi connectivity index (χ2v) is 7.51. The first-order valence-corrected chi connectivity index (χ1v) is 9.88. The summed E-state index contributed by atoms with van der Waals surface area (Å²) in [6.07, 6.45) is 1.86. The van der Waals surface area contributed by atoms with Crippen LogP contribution in [0.25, 0.3) is 0 Å². The first-order chi connectivity index (χ1) is 13.5. The summed E-state index contributed by atoms with van der Waals surface area (Å²) in [6, 6.07) is 10.7. The van der Waals surface area contributed by atoms with Gasteiger partial charge in [0.05, 0.1) is 0 Å². The van der Waals surface area contributed by atoms with Crippen LogP contribution in [0.3, 0.4) is 0 Å². The lowest BCUT2D eigenvalue weighted by Crippen LogP contribution is -2.52. The molecule has 0 radical (unpaired) electrons. The Bertz CT molecular complexity index is 828. The third-order valence-electron chi connectivity index (χ3n) is 5.43. The van der Waals surface area contributed by atoms with Gasteiger partial charge >= 0.3 is 0 Å². The molecule has 6 nitrogen and oxygen atoms in total. The van der Waals surface area contributed by atoms with E-state index in [1.807, 2.05) is 38.3 Å². The predicted octanol–water partition coefficient (Wildman–Crippen LogP) is 3.28. The molecule has 0 amide bonds. The number of pyridine rings is 1. The number of aryl methyl sites for hydroxylation is 1. The SMILES string of the molecule is CN=C(NCc1ccnc(N(C)C)c1)N1CCN(c2cccc(C)c2C)CC1.I. The number of rotatable bonds is 4. The van der Waals surface area contributed by atoms with Gasteiger partial charge in [-0.15, -0.1) is 24.0 Å². The van der Waals surface area contributed by atoms with Crippen molar-refractivity contribution < 1.29 is 0 Å². The van der Waals surface area contributed by atoms with E-state index in [-0.39, 0.29) is 24.0 Å². The zero-order valence-electron chi connectivity index (χ0n) is 18.1. The van der Waals surface area contributed by atoms with Gasteiger partial charge in [-0.25, -0.2) is 4.98 Å². The Morgan fingerprint density at radius 1 is 1.14 bits per heavy atom. The fourth-order valence-corrected chi connectivity index (χ4v) is 3.57. The van der Waals surface area contributed by atoms with Gasteiger partial charge < -0.3 is 20.0 Å². The number of anilines is 2. The quantitative estimate of drug-likeness (QED) is 0.391. The molecule has 2 aromatic rings. The number of piperazine rings is 1. The van der Waals surface area contributed by atoms with Crippen LogP contribution in [0.2, 0.25) is 0 Å². The fraction of sp³-hybridized carbons (Fsp3) is 0.455. The molecule has 0 atom stereocenters. The highest BCUT2D eigenvalue weighted by Gasteiger charge is 2.21. The highest BCUT2D eigenvalue weighted by Crippen LogP contribution is 2.23. The molecular weight excluding hydrogens is 475 g/mol. The Morgan fingerprint density at radius 2 is 1.86 bits per heavy atom. The number of halogens is 1. The number of nitrogens with zero attached hydrogens (tertiary/aromatic N) is 5. The van der Waals surface area contributed by atoms with Crippen molar-refractivity contribution in [3.63, 3.8) is 0 Å². The lowest BCUT2D eigenvalue weighted by Gasteiger charge is -2.38. The number of guanidine groups is 1. The average Bonchev–Trinajstić information content (AvgIpc) is 2.71. The molecule has 1 aliphatic rings. The lowest BCUT2D eigenvalue weighted by molar-refractivity contribution is 0.372. The fourth-order valence-electron chi connectivity index (χ4n) is 3.57. The molecule has 158 valence electrons.